The summed E-state index contributed by atoms with van der Waals surface area (Å²) in [7, 11) is 4.01. The van der Waals surface area contributed by atoms with Crippen molar-refractivity contribution in [1.29, 1.82) is 0 Å². The normalized spacial score (nSPS) is 18.2. The molecule has 1 unspecified atom stereocenters. The Hall–Kier alpha value is -2.35. The molecule has 0 aliphatic carbocycles. The molecule has 2 aromatic heterocycles. The number of hydrogen-bond donors (Lipinski definition) is 2. The van der Waals surface area contributed by atoms with E-state index < -0.39 is 0 Å². The lowest BCUT2D eigenvalue weighted by Gasteiger charge is -2.24. The minimum absolute atomic E-state index is 0.579. The van der Waals surface area contributed by atoms with Crippen LogP contribution in [0.2, 0.25) is 0 Å². The quantitative estimate of drug-likeness (QED) is 0.564. The standard InChI is InChI=1S/C19H32N8/c1-5-27-9-6-7-17(27)12-21-19(20-11-16-8-10-25(3)14-16)22-13-18-24-23-15(2)26(18)4/h8,10,14,17H,5-7,9,11-13H2,1-4H3,(H2,20,21,22). The Labute approximate surface area is 161 Å². The van der Waals surface area contributed by atoms with E-state index in [1.807, 2.05) is 36.4 Å². The Morgan fingerprint density at radius 3 is 2.81 bits per heavy atom. The molecule has 1 atom stereocenters. The molecule has 0 aromatic carbocycles. The monoisotopic (exact) mass is 372 g/mol. The van der Waals surface area contributed by atoms with Crippen molar-refractivity contribution < 1.29 is 0 Å². The van der Waals surface area contributed by atoms with Crippen molar-refractivity contribution in [3.63, 3.8) is 0 Å². The van der Waals surface area contributed by atoms with Gasteiger partial charge in [0, 0.05) is 39.1 Å². The number of rotatable bonds is 7. The third-order valence-corrected chi connectivity index (χ3v) is 5.32. The van der Waals surface area contributed by atoms with E-state index in [1.54, 1.807) is 0 Å². The van der Waals surface area contributed by atoms with E-state index in [9.17, 15) is 0 Å². The number of hydrogen-bond acceptors (Lipinski definition) is 4. The molecule has 1 saturated heterocycles. The molecule has 3 heterocycles. The lowest BCUT2D eigenvalue weighted by molar-refractivity contribution is 0.267. The van der Waals surface area contributed by atoms with Gasteiger partial charge in [-0.1, -0.05) is 6.92 Å². The zero-order valence-corrected chi connectivity index (χ0v) is 16.9. The largest absolute Gasteiger partial charge is 0.357 e. The molecule has 2 aromatic rings. The van der Waals surface area contributed by atoms with Crippen LogP contribution in [0, 0.1) is 6.92 Å². The van der Waals surface area contributed by atoms with Crippen molar-refractivity contribution in [1.82, 2.24) is 34.9 Å². The molecule has 0 saturated carbocycles. The van der Waals surface area contributed by atoms with E-state index in [-0.39, 0.29) is 0 Å². The van der Waals surface area contributed by atoms with Crippen molar-refractivity contribution in [3.05, 3.63) is 35.7 Å². The van der Waals surface area contributed by atoms with Gasteiger partial charge in [-0.2, -0.15) is 0 Å². The molecular formula is C19H32N8. The number of aromatic nitrogens is 4. The average Bonchev–Trinajstić information content (AvgIpc) is 3.37. The third kappa shape index (κ3) is 5.09. The van der Waals surface area contributed by atoms with E-state index in [2.05, 4.69) is 44.9 Å². The smallest absolute Gasteiger partial charge is 0.192 e. The molecule has 1 fully saturated rings. The van der Waals surface area contributed by atoms with Gasteiger partial charge >= 0.3 is 0 Å². The van der Waals surface area contributed by atoms with E-state index in [0.717, 1.165) is 30.7 Å². The molecule has 8 nitrogen and oxygen atoms in total. The van der Waals surface area contributed by atoms with Gasteiger partial charge in [-0.3, -0.25) is 4.90 Å². The zero-order chi connectivity index (χ0) is 19.2. The molecule has 0 amide bonds. The van der Waals surface area contributed by atoms with Gasteiger partial charge in [-0.25, -0.2) is 4.99 Å². The molecule has 0 radical (unpaired) electrons. The summed E-state index contributed by atoms with van der Waals surface area (Å²) in [6, 6.07) is 2.68. The van der Waals surface area contributed by atoms with Crippen LogP contribution in [0.1, 0.15) is 37.0 Å². The van der Waals surface area contributed by atoms with Crippen LogP contribution in [-0.2, 0) is 27.2 Å². The predicted octanol–water partition coefficient (Wildman–Crippen LogP) is 1.18. The number of nitrogens with one attached hydrogen (secondary N) is 2. The fraction of sp³-hybridized carbons (Fsp3) is 0.632. The molecule has 1 aliphatic heterocycles. The number of aliphatic imine (C=N–C) groups is 1. The molecule has 0 spiro atoms. The summed E-state index contributed by atoms with van der Waals surface area (Å²) >= 11 is 0. The van der Waals surface area contributed by atoms with Crippen LogP contribution < -0.4 is 10.6 Å². The van der Waals surface area contributed by atoms with E-state index in [4.69, 9.17) is 4.99 Å². The highest BCUT2D eigenvalue weighted by atomic mass is 15.3. The van der Waals surface area contributed by atoms with Gasteiger partial charge in [-0.15, -0.1) is 10.2 Å². The second-order valence-electron chi connectivity index (χ2n) is 7.23. The highest BCUT2D eigenvalue weighted by Crippen LogP contribution is 2.15. The first kappa shape index (κ1) is 19.4. The van der Waals surface area contributed by atoms with Gasteiger partial charge < -0.3 is 19.8 Å². The Morgan fingerprint density at radius 2 is 2.15 bits per heavy atom. The number of guanidine groups is 1. The fourth-order valence-electron chi connectivity index (χ4n) is 3.52. The maximum absolute atomic E-state index is 4.78. The highest BCUT2D eigenvalue weighted by Gasteiger charge is 2.22. The number of nitrogens with zero attached hydrogens (tertiary/aromatic N) is 6. The third-order valence-electron chi connectivity index (χ3n) is 5.32. The van der Waals surface area contributed by atoms with Crippen molar-refractivity contribution in [2.75, 3.05) is 19.6 Å². The molecule has 8 heteroatoms. The van der Waals surface area contributed by atoms with Gasteiger partial charge in [0.05, 0.1) is 13.1 Å². The van der Waals surface area contributed by atoms with Crippen molar-refractivity contribution in [2.24, 2.45) is 19.1 Å². The molecule has 2 N–H and O–H groups in total. The van der Waals surface area contributed by atoms with Crippen LogP contribution in [0.25, 0.3) is 0 Å². The highest BCUT2D eigenvalue weighted by molar-refractivity contribution is 5.79. The number of aryl methyl sites for hydroxylation is 2. The molecule has 0 bridgehead atoms. The van der Waals surface area contributed by atoms with Crippen molar-refractivity contribution >= 4 is 5.96 Å². The Bertz CT molecular complexity index is 760. The number of likely N-dealkylation sites (N-methyl/N-ethyl adjacent to an activating group) is 1. The van der Waals surface area contributed by atoms with Crippen LogP contribution in [0.4, 0.5) is 0 Å². The van der Waals surface area contributed by atoms with Crippen LogP contribution in [0.5, 0.6) is 0 Å². The summed E-state index contributed by atoms with van der Waals surface area (Å²) in [6.45, 7) is 8.65. The SMILES string of the molecule is CCN1CCCC1CNC(=NCc1ccn(C)c1)NCc1nnc(C)n1C. The van der Waals surface area contributed by atoms with Gasteiger partial charge in [-0.05, 0) is 44.5 Å². The first-order valence-electron chi connectivity index (χ1n) is 9.78. The number of likely N-dealkylation sites (tertiary alicyclic amines) is 1. The van der Waals surface area contributed by atoms with E-state index >= 15 is 0 Å². The van der Waals surface area contributed by atoms with Crippen LogP contribution in [-0.4, -0.2) is 55.9 Å². The molecule has 3 rings (SSSR count). The van der Waals surface area contributed by atoms with E-state index in [0.29, 0.717) is 19.1 Å². The van der Waals surface area contributed by atoms with Crippen molar-refractivity contribution in [2.45, 2.75) is 45.8 Å². The second kappa shape index (κ2) is 9.03. The summed E-state index contributed by atoms with van der Waals surface area (Å²) in [6.07, 6.45) is 6.67. The minimum Gasteiger partial charge on any atom is -0.357 e. The maximum atomic E-state index is 4.78. The van der Waals surface area contributed by atoms with Crippen LogP contribution >= 0.6 is 0 Å². The first-order valence-corrected chi connectivity index (χ1v) is 9.78. The summed E-state index contributed by atoms with van der Waals surface area (Å²) in [5.74, 6) is 2.63. The molecule has 1 aliphatic rings. The lowest BCUT2D eigenvalue weighted by Crippen LogP contribution is -2.44. The molecular weight excluding hydrogens is 340 g/mol. The summed E-state index contributed by atoms with van der Waals surface area (Å²) < 4.78 is 4.04. The fourth-order valence-corrected chi connectivity index (χ4v) is 3.52. The summed E-state index contributed by atoms with van der Waals surface area (Å²) in [5.41, 5.74) is 1.20. The van der Waals surface area contributed by atoms with Crippen LogP contribution in [0.3, 0.4) is 0 Å². The molecule has 27 heavy (non-hydrogen) atoms. The average molecular weight is 373 g/mol. The van der Waals surface area contributed by atoms with Gasteiger partial charge in [0.1, 0.15) is 5.82 Å². The minimum atomic E-state index is 0.579. The van der Waals surface area contributed by atoms with Gasteiger partial charge in [0.15, 0.2) is 11.8 Å². The maximum Gasteiger partial charge on any atom is 0.192 e. The Kier molecular flexibility index (Phi) is 6.49. The van der Waals surface area contributed by atoms with Crippen LogP contribution in [0.15, 0.2) is 23.5 Å². The summed E-state index contributed by atoms with van der Waals surface area (Å²) in [4.78, 5) is 7.31. The van der Waals surface area contributed by atoms with E-state index in [1.165, 1.54) is 24.9 Å². The predicted molar refractivity (Wildman–Crippen MR) is 107 cm³/mol. The Balaban J connectivity index is 1.62. The van der Waals surface area contributed by atoms with Gasteiger partial charge in [0.25, 0.3) is 0 Å². The zero-order valence-electron chi connectivity index (χ0n) is 16.9. The van der Waals surface area contributed by atoms with Gasteiger partial charge in [0.2, 0.25) is 0 Å². The topological polar surface area (TPSA) is 75.3 Å². The second-order valence-corrected chi connectivity index (χ2v) is 7.23. The first-order chi connectivity index (χ1) is 13.1. The molecule has 148 valence electrons. The summed E-state index contributed by atoms with van der Waals surface area (Å²) in [5, 5.41) is 15.3. The van der Waals surface area contributed by atoms with Crippen molar-refractivity contribution in [3.8, 4) is 0 Å². The lowest BCUT2D eigenvalue weighted by atomic mass is 10.2. The Morgan fingerprint density at radius 1 is 1.30 bits per heavy atom.